The fraction of sp³-hybridized carbons (Fsp3) is 0.550. The van der Waals surface area contributed by atoms with E-state index in [0.29, 0.717) is 11.4 Å². The van der Waals surface area contributed by atoms with E-state index in [-0.39, 0.29) is 19.3 Å². The van der Waals surface area contributed by atoms with E-state index in [1.54, 1.807) is 6.26 Å². The highest BCUT2D eigenvalue weighted by atomic mass is 32.2. The number of amides is 4. The molecule has 0 aliphatic carbocycles. The second kappa shape index (κ2) is 15.4. The van der Waals surface area contributed by atoms with E-state index >= 15 is 0 Å². The Bertz CT molecular complexity index is 927. The number of hydrogen-bond acceptors (Lipinski definition) is 9. The zero-order valence-electron chi connectivity index (χ0n) is 19.6. The molecule has 0 aliphatic heterocycles. The van der Waals surface area contributed by atoms with Crippen LogP contribution in [0.25, 0.3) is 0 Å². The molecule has 1 heterocycles. The third kappa shape index (κ3) is 11.2. The Morgan fingerprint density at radius 1 is 1.00 bits per heavy atom. The number of thioether (sulfide) groups is 1. The summed E-state index contributed by atoms with van der Waals surface area (Å²) in [6.07, 6.45) is 3.22. The topological polar surface area (TPSA) is 260 Å². The van der Waals surface area contributed by atoms with Crippen molar-refractivity contribution in [2.45, 2.75) is 56.3 Å². The molecule has 0 radical (unpaired) electrons. The number of carboxylic acid groups (broad SMARTS) is 2. The second-order valence-electron chi connectivity index (χ2n) is 7.79. The maximum Gasteiger partial charge on any atom is 0.326 e. The molecule has 200 valence electrons. The van der Waals surface area contributed by atoms with Crippen molar-refractivity contribution in [2.75, 3.05) is 12.0 Å². The van der Waals surface area contributed by atoms with Crippen molar-refractivity contribution in [3.63, 3.8) is 0 Å². The Morgan fingerprint density at radius 2 is 1.61 bits per heavy atom. The molecule has 0 saturated carbocycles. The van der Waals surface area contributed by atoms with Crippen molar-refractivity contribution < 1.29 is 39.0 Å². The molecule has 1 aromatic rings. The van der Waals surface area contributed by atoms with Crippen molar-refractivity contribution in [3.05, 3.63) is 18.2 Å². The minimum atomic E-state index is -1.42. The first kappa shape index (κ1) is 30.4. The van der Waals surface area contributed by atoms with Gasteiger partial charge in [-0.25, -0.2) is 9.78 Å². The van der Waals surface area contributed by atoms with Crippen molar-refractivity contribution in [1.82, 2.24) is 25.9 Å². The van der Waals surface area contributed by atoms with Crippen LogP contribution in [-0.4, -0.2) is 91.9 Å². The summed E-state index contributed by atoms with van der Waals surface area (Å²) in [5.41, 5.74) is 11.1. The zero-order valence-corrected chi connectivity index (χ0v) is 20.4. The van der Waals surface area contributed by atoms with Crippen LogP contribution in [0.15, 0.2) is 12.5 Å². The van der Waals surface area contributed by atoms with Crippen LogP contribution in [0.3, 0.4) is 0 Å². The Labute approximate surface area is 210 Å². The van der Waals surface area contributed by atoms with Crippen molar-refractivity contribution in [3.8, 4) is 0 Å². The van der Waals surface area contributed by atoms with Crippen molar-refractivity contribution in [1.29, 1.82) is 0 Å². The third-order valence-corrected chi connectivity index (χ3v) is 5.52. The van der Waals surface area contributed by atoms with E-state index in [2.05, 4.69) is 25.9 Å². The summed E-state index contributed by atoms with van der Waals surface area (Å²) in [4.78, 5) is 78.5. The lowest BCUT2D eigenvalue weighted by atomic mass is 10.1. The van der Waals surface area contributed by atoms with Crippen molar-refractivity contribution in [2.24, 2.45) is 11.5 Å². The van der Waals surface area contributed by atoms with E-state index in [4.69, 9.17) is 16.6 Å². The number of carbonyl (C=O) groups is 6. The van der Waals surface area contributed by atoms with Crippen LogP contribution in [-0.2, 0) is 35.2 Å². The first-order chi connectivity index (χ1) is 16.9. The van der Waals surface area contributed by atoms with E-state index in [9.17, 15) is 33.9 Å². The maximum atomic E-state index is 13.0. The van der Waals surface area contributed by atoms with Gasteiger partial charge in [0.25, 0.3) is 0 Å². The summed E-state index contributed by atoms with van der Waals surface area (Å²) >= 11 is 1.40. The Balaban J connectivity index is 3.07. The molecule has 1 rings (SSSR count). The van der Waals surface area contributed by atoms with Gasteiger partial charge in [0.2, 0.25) is 23.6 Å². The molecule has 36 heavy (non-hydrogen) atoms. The van der Waals surface area contributed by atoms with Crippen molar-refractivity contribution >= 4 is 47.3 Å². The number of carbonyl (C=O) groups excluding carboxylic acids is 4. The SMILES string of the molecule is CSCCC(NC(=O)C(Cc1cnc[nH]1)NC(=O)C(CCC(=O)O)NC(=O)C(N)CC(N)=O)C(=O)O. The number of aromatic nitrogens is 2. The molecule has 0 aromatic carbocycles. The van der Waals surface area contributed by atoms with Crippen LogP contribution in [0.1, 0.15) is 31.4 Å². The highest BCUT2D eigenvalue weighted by molar-refractivity contribution is 7.98. The normalized spacial score (nSPS) is 14.1. The number of imidazole rings is 1. The third-order valence-electron chi connectivity index (χ3n) is 4.87. The monoisotopic (exact) mass is 529 g/mol. The quantitative estimate of drug-likeness (QED) is 0.103. The minimum absolute atomic E-state index is 0.104. The molecule has 15 nitrogen and oxygen atoms in total. The number of H-pyrrole nitrogens is 1. The highest BCUT2D eigenvalue weighted by Crippen LogP contribution is 2.06. The Kier molecular flexibility index (Phi) is 13.0. The van der Waals surface area contributed by atoms with Crippen LogP contribution in [0.4, 0.5) is 0 Å². The van der Waals surface area contributed by atoms with E-state index in [1.165, 1.54) is 24.3 Å². The zero-order chi connectivity index (χ0) is 27.3. The molecule has 0 aliphatic rings. The molecule has 16 heteroatoms. The Hall–Kier alpha value is -3.66. The van der Waals surface area contributed by atoms with E-state index in [0.717, 1.165) is 0 Å². The number of carboxylic acids is 2. The van der Waals surface area contributed by atoms with Gasteiger partial charge < -0.3 is 42.6 Å². The highest BCUT2D eigenvalue weighted by Gasteiger charge is 2.31. The van der Waals surface area contributed by atoms with Gasteiger partial charge in [-0.15, -0.1) is 0 Å². The second-order valence-corrected chi connectivity index (χ2v) is 8.78. The lowest BCUT2D eigenvalue weighted by molar-refractivity contribution is -0.142. The average molecular weight is 530 g/mol. The van der Waals surface area contributed by atoms with Gasteiger partial charge in [0.05, 0.1) is 18.8 Å². The number of nitrogens with one attached hydrogen (secondary N) is 4. The standard InChI is InChI=1S/C20H31N7O8S/c1-36-5-4-13(20(34)35)26-19(33)14(6-10-8-23-9-24-10)27-18(32)12(2-3-16(29)30)25-17(31)11(21)7-15(22)28/h8-9,11-14H,2-7,21H2,1H3,(H2,22,28)(H,23,24)(H,25,31)(H,26,33)(H,27,32)(H,29,30)(H,34,35). The Morgan fingerprint density at radius 3 is 2.14 bits per heavy atom. The molecule has 0 spiro atoms. The lowest BCUT2D eigenvalue weighted by Gasteiger charge is -2.24. The summed E-state index contributed by atoms with van der Waals surface area (Å²) < 4.78 is 0. The molecule has 1 aromatic heterocycles. The molecule has 4 atom stereocenters. The predicted molar refractivity (Wildman–Crippen MR) is 127 cm³/mol. The molecular formula is C20H31N7O8S. The fourth-order valence-electron chi connectivity index (χ4n) is 2.99. The number of nitrogens with zero attached hydrogens (tertiary/aromatic N) is 1. The smallest absolute Gasteiger partial charge is 0.326 e. The first-order valence-electron chi connectivity index (χ1n) is 10.8. The maximum absolute atomic E-state index is 13.0. The average Bonchev–Trinajstić information content (AvgIpc) is 3.30. The molecule has 4 unspecified atom stereocenters. The summed E-state index contributed by atoms with van der Waals surface area (Å²) in [7, 11) is 0. The molecule has 10 N–H and O–H groups in total. The summed E-state index contributed by atoms with van der Waals surface area (Å²) in [6, 6.07) is -5.30. The van der Waals surface area contributed by atoms with E-state index in [1.807, 2.05) is 0 Å². The van der Waals surface area contributed by atoms with Gasteiger partial charge in [0, 0.05) is 24.7 Å². The van der Waals surface area contributed by atoms with Gasteiger partial charge in [0.1, 0.15) is 18.1 Å². The van der Waals surface area contributed by atoms with Gasteiger partial charge in [-0.1, -0.05) is 0 Å². The molecule has 4 amide bonds. The van der Waals surface area contributed by atoms with Crippen LogP contribution in [0, 0.1) is 0 Å². The summed E-state index contributed by atoms with van der Waals surface area (Å²) in [5, 5.41) is 25.5. The van der Waals surface area contributed by atoms with Gasteiger partial charge in [0.15, 0.2) is 0 Å². The van der Waals surface area contributed by atoms with Crippen LogP contribution >= 0.6 is 11.8 Å². The van der Waals surface area contributed by atoms with Gasteiger partial charge >= 0.3 is 11.9 Å². The number of hydrogen-bond donors (Lipinski definition) is 8. The number of aromatic amines is 1. The first-order valence-corrected chi connectivity index (χ1v) is 12.2. The lowest BCUT2D eigenvalue weighted by Crippen LogP contribution is -2.58. The summed E-state index contributed by atoms with van der Waals surface area (Å²) in [6.45, 7) is 0. The minimum Gasteiger partial charge on any atom is -0.481 e. The largest absolute Gasteiger partial charge is 0.481 e. The molecule has 0 fully saturated rings. The number of rotatable bonds is 17. The van der Waals surface area contributed by atoms with Gasteiger partial charge in [-0.05, 0) is 24.9 Å². The number of primary amides is 1. The van der Waals surface area contributed by atoms with E-state index < -0.39 is 72.6 Å². The van der Waals surface area contributed by atoms with Gasteiger partial charge in [-0.3, -0.25) is 24.0 Å². The number of nitrogens with two attached hydrogens (primary N) is 2. The van der Waals surface area contributed by atoms with Gasteiger partial charge in [-0.2, -0.15) is 11.8 Å². The molecule has 0 saturated heterocycles. The molecular weight excluding hydrogens is 498 g/mol. The summed E-state index contributed by atoms with van der Waals surface area (Å²) in [5.74, 6) is -5.52. The fourth-order valence-corrected chi connectivity index (χ4v) is 3.46. The van der Waals surface area contributed by atoms with Crippen LogP contribution < -0.4 is 27.4 Å². The van der Waals surface area contributed by atoms with Crippen LogP contribution in [0.5, 0.6) is 0 Å². The molecule has 0 bridgehead atoms. The number of aliphatic carboxylic acids is 2. The predicted octanol–water partition coefficient (Wildman–Crippen LogP) is -2.69. The van der Waals surface area contributed by atoms with Crippen LogP contribution in [0.2, 0.25) is 0 Å².